The van der Waals surface area contributed by atoms with Crippen molar-refractivity contribution in [2.45, 2.75) is 44.7 Å². The standard InChI is InChI=1S/C31H32N2O6/c1-4-19-13-9-14-20(5-2)26(19)33-28(35)23-24(29(33)36)31(30(37)38,17-18-11-7-6-8-12-18)32-25(23)21-15-10-16-22(39-3)27(21)34/h6-16,23-25,32,34H,4-5,17H2,1-3H3,(H,37,38). The first-order valence-electron chi connectivity index (χ1n) is 13.2. The van der Waals surface area contributed by atoms with Crippen LogP contribution in [0.1, 0.15) is 42.1 Å². The maximum absolute atomic E-state index is 14.3. The molecule has 2 heterocycles. The molecule has 0 aromatic heterocycles. The van der Waals surface area contributed by atoms with Gasteiger partial charge in [-0.15, -0.1) is 0 Å². The molecule has 3 aromatic carbocycles. The van der Waals surface area contributed by atoms with Crippen LogP contribution in [0.5, 0.6) is 11.5 Å². The summed E-state index contributed by atoms with van der Waals surface area (Å²) in [6, 6.07) is 18.7. The lowest BCUT2D eigenvalue weighted by Crippen LogP contribution is -2.57. The number of nitrogens with zero attached hydrogens (tertiary/aromatic N) is 1. The van der Waals surface area contributed by atoms with E-state index in [0.717, 1.165) is 11.1 Å². The number of phenolic OH excluding ortho intramolecular Hbond substituents is 1. The first-order chi connectivity index (χ1) is 18.8. The molecule has 0 aliphatic carbocycles. The summed E-state index contributed by atoms with van der Waals surface area (Å²) in [5, 5.41) is 25.0. The monoisotopic (exact) mass is 528 g/mol. The van der Waals surface area contributed by atoms with Crippen molar-refractivity contribution in [3.8, 4) is 11.5 Å². The number of carbonyl (C=O) groups excluding carboxylic acids is 2. The number of fused-ring (bicyclic) bond motifs is 1. The van der Waals surface area contributed by atoms with Crippen molar-refractivity contribution in [2.24, 2.45) is 11.8 Å². The summed E-state index contributed by atoms with van der Waals surface area (Å²) in [5.74, 6) is -4.50. The zero-order valence-corrected chi connectivity index (χ0v) is 22.2. The summed E-state index contributed by atoms with van der Waals surface area (Å²) >= 11 is 0. The van der Waals surface area contributed by atoms with Crippen LogP contribution < -0.4 is 15.0 Å². The molecule has 0 saturated carbocycles. The number of nitrogens with one attached hydrogen (secondary N) is 1. The van der Waals surface area contributed by atoms with Gasteiger partial charge in [-0.3, -0.25) is 19.7 Å². The lowest BCUT2D eigenvalue weighted by atomic mass is 9.76. The lowest BCUT2D eigenvalue weighted by Gasteiger charge is -2.32. The third kappa shape index (κ3) is 4.06. The number of aryl methyl sites for hydroxylation is 2. The molecule has 2 aliphatic heterocycles. The van der Waals surface area contributed by atoms with E-state index >= 15 is 0 Å². The second-order valence-electron chi connectivity index (χ2n) is 10.1. The van der Waals surface area contributed by atoms with Gasteiger partial charge in [-0.25, -0.2) is 4.90 Å². The van der Waals surface area contributed by atoms with Gasteiger partial charge >= 0.3 is 5.97 Å². The van der Waals surface area contributed by atoms with E-state index < -0.39 is 41.2 Å². The summed E-state index contributed by atoms with van der Waals surface area (Å²) in [6.07, 6.45) is 1.18. The van der Waals surface area contributed by atoms with Gasteiger partial charge < -0.3 is 14.9 Å². The van der Waals surface area contributed by atoms with Crippen LogP contribution in [0, 0.1) is 11.8 Å². The minimum atomic E-state index is -1.79. The SMILES string of the molecule is CCc1cccc(CC)c1N1C(=O)C2C(c3cccc(OC)c3O)NC(Cc3ccccc3)(C(=O)O)C2C1=O. The van der Waals surface area contributed by atoms with Gasteiger partial charge in [0.25, 0.3) is 0 Å². The maximum atomic E-state index is 14.3. The number of aliphatic carboxylic acids is 1. The second kappa shape index (κ2) is 10.2. The minimum Gasteiger partial charge on any atom is -0.504 e. The fraction of sp³-hybridized carbons (Fsp3) is 0.323. The van der Waals surface area contributed by atoms with Gasteiger partial charge in [0.1, 0.15) is 5.54 Å². The first-order valence-corrected chi connectivity index (χ1v) is 13.2. The van der Waals surface area contributed by atoms with Gasteiger partial charge in [0.2, 0.25) is 11.8 Å². The Morgan fingerprint density at radius 3 is 2.18 bits per heavy atom. The number of phenols is 1. The summed E-state index contributed by atoms with van der Waals surface area (Å²) in [6.45, 7) is 3.92. The van der Waals surface area contributed by atoms with Gasteiger partial charge in [0.05, 0.1) is 24.6 Å². The largest absolute Gasteiger partial charge is 0.504 e. The van der Waals surface area contributed by atoms with Crippen LogP contribution in [0.25, 0.3) is 0 Å². The molecule has 0 radical (unpaired) electrons. The van der Waals surface area contributed by atoms with Crippen LogP contribution in [-0.4, -0.2) is 40.6 Å². The van der Waals surface area contributed by atoms with Gasteiger partial charge in [0.15, 0.2) is 11.5 Å². The van der Waals surface area contributed by atoms with Gasteiger partial charge in [-0.2, -0.15) is 0 Å². The third-order valence-corrected chi connectivity index (χ3v) is 8.14. The fourth-order valence-electron chi connectivity index (χ4n) is 6.30. The summed E-state index contributed by atoms with van der Waals surface area (Å²) in [4.78, 5) is 43.0. The summed E-state index contributed by atoms with van der Waals surface area (Å²) in [7, 11) is 1.42. The van der Waals surface area contributed by atoms with Crippen molar-refractivity contribution in [1.29, 1.82) is 0 Å². The number of amides is 2. The highest BCUT2D eigenvalue weighted by molar-refractivity contribution is 6.25. The first kappa shape index (κ1) is 26.4. The van der Waals surface area contributed by atoms with Crippen molar-refractivity contribution in [3.05, 3.63) is 89.0 Å². The number of benzene rings is 3. The van der Waals surface area contributed by atoms with E-state index in [1.54, 1.807) is 30.3 Å². The molecular formula is C31H32N2O6. The second-order valence-corrected chi connectivity index (χ2v) is 10.1. The smallest absolute Gasteiger partial charge is 0.325 e. The van der Waals surface area contributed by atoms with Gasteiger partial charge in [-0.1, -0.05) is 74.5 Å². The molecule has 0 spiro atoms. The highest BCUT2D eigenvalue weighted by Crippen LogP contribution is 2.53. The normalized spacial score (nSPS) is 24.2. The van der Waals surface area contributed by atoms with Crippen molar-refractivity contribution in [1.82, 2.24) is 5.32 Å². The number of para-hydroxylation sites is 2. The Bertz CT molecular complexity index is 1420. The van der Waals surface area contributed by atoms with Crippen molar-refractivity contribution in [3.63, 3.8) is 0 Å². The van der Waals surface area contributed by atoms with E-state index in [4.69, 9.17) is 4.74 Å². The number of aromatic hydroxyl groups is 1. The molecule has 2 amide bonds. The fourth-order valence-corrected chi connectivity index (χ4v) is 6.30. The quantitative estimate of drug-likeness (QED) is 0.378. The minimum absolute atomic E-state index is 0.0194. The Labute approximate surface area is 227 Å². The maximum Gasteiger partial charge on any atom is 0.325 e. The molecule has 5 rings (SSSR count). The average Bonchev–Trinajstić information content (AvgIpc) is 3.42. The highest BCUT2D eigenvalue weighted by Gasteiger charge is 2.69. The number of carboxylic acid groups (broad SMARTS) is 1. The van der Waals surface area contributed by atoms with Gasteiger partial charge in [-0.05, 0) is 35.6 Å². The number of hydrogen-bond acceptors (Lipinski definition) is 6. The molecule has 3 N–H and O–H groups in total. The number of ether oxygens (including phenoxy) is 1. The molecular weight excluding hydrogens is 496 g/mol. The Kier molecular flexibility index (Phi) is 6.91. The summed E-state index contributed by atoms with van der Waals surface area (Å²) in [5.41, 5.74) is 1.45. The molecule has 2 saturated heterocycles. The molecule has 4 atom stereocenters. The van der Waals surface area contributed by atoms with Crippen LogP contribution >= 0.6 is 0 Å². The molecule has 8 nitrogen and oxygen atoms in total. The number of carbonyl (C=O) groups is 3. The van der Waals surface area contributed by atoms with E-state index in [1.807, 2.05) is 50.2 Å². The molecule has 4 unspecified atom stereocenters. The molecule has 3 aromatic rings. The van der Waals surface area contributed by atoms with Crippen LogP contribution in [0.3, 0.4) is 0 Å². The number of rotatable bonds is 8. The van der Waals surface area contributed by atoms with E-state index in [1.165, 1.54) is 12.0 Å². The Hall–Kier alpha value is -4.17. The van der Waals surface area contributed by atoms with Crippen LogP contribution in [0.2, 0.25) is 0 Å². The van der Waals surface area contributed by atoms with E-state index in [2.05, 4.69) is 5.32 Å². The Morgan fingerprint density at radius 2 is 1.59 bits per heavy atom. The zero-order chi connectivity index (χ0) is 27.9. The molecule has 0 bridgehead atoms. The van der Waals surface area contributed by atoms with Crippen molar-refractivity contribution in [2.75, 3.05) is 12.0 Å². The lowest BCUT2D eigenvalue weighted by molar-refractivity contribution is -0.148. The summed E-state index contributed by atoms with van der Waals surface area (Å²) < 4.78 is 5.29. The van der Waals surface area contributed by atoms with Crippen LogP contribution in [-0.2, 0) is 33.6 Å². The van der Waals surface area contributed by atoms with Crippen molar-refractivity contribution < 1.29 is 29.3 Å². The average molecular weight is 529 g/mol. The van der Waals surface area contributed by atoms with E-state index in [-0.39, 0.29) is 17.9 Å². The van der Waals surface area contributed by atoms with Crippen molar-refractivity contribution >= 4 is 23.5 Å². The third-order valence-electron chi connectivity index (χ3n) is 8.14. The molecule has 202 valence electrons. The van der Waals surface area contributed by atoms with Crippen LogP contribution in [0.4, 0.5) is 5.69 Å². The van der Waals surface area contributed by atoms with E-state index in [9.17, 15) is 24.6 Å². The van der Waals surface area contributed by atoms with E-state index in [0.29, 0.717) is 29.7 Å². The number of hydrogen-bond donors (Lipinski definition) is 3. The molecule has 39 heavy (non-hydrogen) atoms. The molecule has 8 heteroatoms. The zero-order valence-electron chi connectivity index (χ0n) is 22.2. The highest BCUT2D eigenvalue weighted by atomic mass is 16.5. The topological polar surface area (TPSA) is 116 Å². The molecule has 2 aliphatic rings. The predicted molar refractivity (Wildman–Crippen MR) is 146 cm³/mol. The van der Waals surface area contributed by atoms with Gasteiger partial charge in [0, 0.05) is 18.0 Å². The molecule has 2 fully saturated rings. The number of imide groups is 1. The number of methoxy groups -OCH3 is 1. The predicted octanol–water partition coefficient (Wildman–Crippen LogP) is 4.04. The van der Waals surface area contributed by atoms with Crippen LogP contribution in [0.15, 0.2) is 66.7 Å². The number of carboxylic acids is 1. The Balaban J connectivity index is 1.73. The Morgan fingerprint density at radius 1 is 0.949 bits per heavy atom. The number of anilines is 1.